The first kappa shape index (κ1) is 19.2. The Balaban J connectivity index is 1.50. The van der Waals surface area contributed by atoms with E-state index in [2.05, 4.69) is 48.7 Å². The Kier molecular flexibility index (Phi) is 6.22. The Labute approximate surface area is 157 Å². The topological polar surface area (TPSA) is 43.4 Å². The van der Waals surface area contributed by atoms with Crippen LogP contribution in [0.3, 0.4) is 0 Å². The molecule has 0 spiro atoms. The van der Waals surface area contributed by atoms with Crippen molar-refractivity contribution in [2.75, 3.05) is 58.7 Å². The summed E-state index contributed by atoms with van der Waals surface area (Å²) in [7, 11) is 2.34. The molecule has 0 saturated carbocycles. The zero-order valence-corrected chi connectivity index (χ0v) is 16.7. The second kappa shape index (κ2) is 8.42. The van der Waals surface area contributed by atoms with Crippen LogP contribution in [0.5, 0.6) is 0 Å². The van der Waals surface area contributed by atoms with Crippen LogP contribution in [0.15, 0.2) is 30.5 Å². The Morgan fingerprint density at radius 3 is 2.77 bits per heavy atom. The lowest BCUT2D eigenvalue weighted by atomic mass is 10.2. The highest BCUT2D eigenvalue weighted by molar-refractivity contribution is 5.91. The largest absolute Gasteiger partial charge is 0.398 e. The number of benzene rings is 1. The van der Waals surface area contributed by atoms with Gasteiger partial charge in [0.25, 0.3) is 0 Å². The molecular weight excluding hydrogens is 324 g/mol. The van der Waals surface area contributed by atoms with Crippen molar-refractivity contribution in [3.8, 4) is 0 Å². The fourth-order valence-electron chi connectivity index (χ4n) is 3.97. The number of aromatic nitrogens is 1. The number of hydrogen-bond donors (Lipinski definition) is 1. The minimum atomic E-state index is 0.362. The minimum Gasteiger partial charge on any atom is -0.398 e. The Morgan fingerprint density at radius 2 is 2.00 bits per heavy atom. The Hall–Kier alpha value is -1.56. The molecule has 2 heterocycles. The maximum atomic E-state index is 6.07. The molecule has 5 heteroatoms. The summed E-state index contributed by atoms with van der Waals surface area (Å²) in [5, 5.41) is 1.16. The van der Waals surface area contributed by atoms with E-state index in [4.69, 9.17) is 10.5 Å². The molecule has 144 valence electrons. The van der Waals surface area contributed by atoms with Gasteiger partial charge in [0, 0.05) is 43.4 Å². The quantitative estimate of drug-likeness (QED) is 0.582. The molecule has 2 N–H and O–H groups in total. The van der Waals surface area contributed by atoms with Gasteiger partial charge < -0.3 is 19.5 Å². The Bertz CT molecular complexity index is 707. The number of anilines is 1. The minimum absolute atomic E-state index is 0.362. The zero-order chi connectivity index (χ0) is 18.6. The van der Waals surface area contributed by atoms with E-state index in [-0.39, 0.29) is 0 Å². The average molecular weight is 360 g/mol. The molecule has 0 bridgehead atoms. The van der Waals surface area contributed by atoms with E-state index in [1.165, 1.54) is 18.6 Å². The summed E-state index contributed by atoms with van der Waals surface area (Å²) in [6.07, 6.45) is 3.67. The van der Waals surface area contributed by atoms with Crippen molar-refractivity contribution in [1.82, 2.24) is 9.47 Å². The maximum absolute atomic E-state index is 6.07. The predicted molar refractivity (Wildman–Crippen MR) is 109 cm³/mol. The summed E-state index contributed by atoms with van der Waals surface area (Å²) in [6.45, 7) is 13.1. The number of rotatable bonds is 8. The molecule has 0 radical (unpaired) electrons. The van der Waals surface area contributed by atoms with Gasteiger partial charge in [-0.2, -0.15) is 0 Å². The third-order valence-electron chi connectivity index (χ3n) is 6.11. The van der Waals surface area contributed by atoms with Crippen molar-refractivity contribution >= 4 is 16.6 Å². The van der Waals surface area contributed by atoms with Crippen LogP contribution in [-0.2, 0) is 11.3 Å². The van der Waals surface area contributed by atoms with Crippen molar-refractivity contribution in [1.29, 1.82) is 0 Å². The van der Waals surface area contributed by atoms with Crippen molar-refractivity contribution in [2.24, 2.45) is 0 Å². The van der Waals surface area contributed by atoms with Gasteiger partial charge >= 0.3 is 0 Å². The molecule has 1 aliphatic rings. The summed E-state index contributed by atoms with van der Waals surface area (Å²) in [6, 6.07) is 8.30. The molecule has 26 heavy (non-hydrogen) atoms. The summed E-state index contributed by atoms with van der Waals surface area (Å²) < 4.78 is 9.47. The van der Waals surface area contributed by atoms with Gasteiger partial charge in [0.05, 0.1) is 32.3 Å². The highest BCUT2D eigenvalue weighted by Crippen LogP contribution is 2.22. The third kappa shape index (κ3) is 4.40. The number of ether oxygens (including phenoxy) is 1. The number of hydrogen-bond acceptors (Lipinski definition) is 3. The molecule has 1 fully saturated rings. The lowest BCUT2D eigenvalue weighted by Crippen LogP contribution is -2.54. The van der Waals surface area contributed by atoms with Crippen LogP contribution in [0.2, 0.25) is 0 Å². The molecule has 3 rings (SSSR count). The van der Waals surface area contributed by atoms with Gasteiger partial charge in [-0.15, -0.1) is 0 Å². The van der Waals surface area contributed by atoms with Crippen molar-refractivity contribution in [3.63, 3.8) is 0 Å². The number of nitrogens with zero attached hydrogens (tertiary/aromatic N) is 3. The second-order valence-electron chi connectivity index (χ2n) is 7.87. The zero-order valence-electron chi connectivity index (χ0n) is 16.7. The summed E-state index contributed by atoms with van der Waals surface area (Å²) >= 11 is 0. The molecule has 1 atom stereocenters. The number of likely N-dealkylation sites (N-methyl/N-ethyl adjacent to an activating group) is 1. The van der Waals surface area contributed by atoms with E-state index < -0.39 is 0 Å². The lowest BCUT2D eigenvalue weighted by Gasteiger charge is -2.39. The molecule has 5 nitrogen and oxygen atoms in total. The number of morpholine rings is 1. The monoisotopic (exact) mass is 359 g/mol. The van der Waals surface area contributed by atoms with E-state index in [9.17, 15) is 0 Å². The normalized spacial score (nSPS) is 19.3. The molecular formula is C21H35N4O+. The van der Waals surface area contributed by atoms with Gasteiger partial charge in [0.2, 0.25) is 0 Å². The predicted octanol–water partition coefficient (Wildman–Crippen LogP) is 2.80. The van der Waals surface area contributed by atoms with E-state index in [1.807, 2.05) is 12.1 Å². The number of aryl methyl sites for hydroxylation is 1. The molecule has 2 aromatic rings. The fourth-order valence-corrected chi connectivity index (χ4v) is 3.97. The summed E-state index contributed by atoms with van der Waals surface area (Å²) in [5.41, 5.74) is 8.17. The van der Waals surface area contributed by atoms with Crippen LogP contribution >= 0.6 is 0 Å². The SMILES string of the molecule is CC[N+](C)(CC)CC1CN(CCCn2ccc3c(N)cccc32)CCO1. The van der Waals surface area contributed by atoms with Gasteiger partial charge in [0.1, 0.15) is 12.6 Å². The summed E-state index contributed by atoms with van der Waals surface area (Å²) in [4.78, 5) is 2.57. The highest BCUT2D eigenvalue weighted by atomic mass is 16.5. The van der Waals surface area contributed by atoms with E-state index >= 15 is 0 Å². The number of nitrogens with two attached hydrogens (primary N) is 1. The van der Waals surface area contributed by atoms with Crippen LogP contribution < -0.4 is 5.73 Å². The average Bonchev–Trinajstić information content (AvgIpc) is 3.06. The highest BCUT2D eigenvalue weighted by Gasteiger charge is 2.28. The third-order valence-corrected chi connectivity index (χ3v) is 6.11. The fraction of sp³-hybridized carbons (Fsp3) is 0.619. The molecule has 1 aromatic heterocycles. The van der Waals surface area contributed by atoms with E-state index in [1.54, 1.807) is 0 Å². The van der Waals surface area contributed by atoms with Crippen LogP contribution in [0, 0.1) is 0 Å². The molecule has 1 unspecified atom stereocenters. The number of fused-ring (bicyclic) bond motifs is 1. The van der Waals surface area contributed by atoms with Gasteiger partial charge in [-0.1, -0.05) is 6.07 Å². The van der Waals surface area contributed by atoms with Gasteiger partial charge in [-0.25, -0.2) is 0 Å². The van der Waals surface area contributed by atoms with Crippen LogP contribution in [0.4, 0.5) is 5.69 Å². The van der Waals surface area contributed by atoms with Gasteiger partial charge in [0.15, 0.2) is 0 Å². The van der Waals surface area contributed by atoms with Crippen molar-refractivity contribution < 1.29 is 9.22 Å². The number of nitrogen functional groups attached to an aromatic ring is 1. The van der Waals surface area contributed by atoms with Crippen LogP contribution in [0.25, 0.3) is 10.9 Å². The van der Waals surface area contributed by atoms with Gasteiger partial charge in [-0.3, -0.25) is 4.90 Å². The smallest absolute Gasteiger partial charge is 0.119 e. The molecule has 0 amide bonds. The molecule has 1 aromatic carbocycles. The van der Waals surface area contributed by atoms with E-state index in [0.29, 0.717) is 6.10 Å². The Morgan fingerprint density at radius 1 is 1.19 bits per heavy atom. The first-order valence-electron chi connectivity index (χ1n) is 10.1. The lowest BCUT2D eigenvalue weighted by molar-refractivity contribution is -0.909. The molecule has 0 aliphatic carbocycles. The standard InChI is InChI=1S/C21H35N4O/c1-4-25(3,5-2)17-18-16-23(14-15-26-18)11-7-12-24-13-10-19-20(22)8-6-9-21(19)24/h6,8-10,13,18H,4-5,7,11-12,14-17,22H2,1-3H3/q+1. The first-order valence-corrected chi connectivity index (χ1v) is 10.1. The first-order chi connectivity index (χ1) is 12.5. The maximum Gasteiger partial charge on any atom is 0.119 e. The van der Waals surface area contributed by atoms with Crippen LogP contribution in [-0.4, -0.2) is 73.0 Å². The van der Waals surface area contributed by atoms with Crippen LogP contribution in [0.1, 0.15) is 20.3 Å². The van der Waals surface area contributed by atoms with Crippen molar-refractivity contribution in [2.45, 2.75) is 32.9 Å². The molecule has 1 aliphatic heterocycles. The van der Waals surface area contributed by atoms with E-state index in [0.717, 1.165) is 61.3 Å². The van der Waals surface area contributed by atoms with Crippen molar-refractivity contribution in [3.05, 3.63) is 30.5 Å². The molecule has 1 saturated heterocycles. The second-order valence-corrected chi connectivity index (χ2v) is 7.87. The van der Waals surface area contributed by atoms with Gasteiger partial charge in [-0.05, 0) is 38.5 Å². The number of quaternary nitrogens is 1. The summed E-state index contributed by atoms with van der Waals surface area (Å²) in [5.74, 6) is 0.